The van der Waals surface area contributed by atoms with Crippen molar-refractivity contribution < 1.29 is 9.90 Å². The first-order chi connectivity index (χ1) is 10.2. The normalized spacial score (nSPS) is 10.5. The lowest BCUT2D eigenvalue weighted by Crippen LogP contribution is -2.04. The highest BCUT2D eigenvalue weighted by molar-refractivity contribution is 5.87. The second-order valence-corrected chi connectivity index (χ2v) is 4.91. The molecule has 0 saturated carbocycles. The van der Waals surface area contributed by atoms with Gasteiger partial charge in [0.2, 0.25) is 0 Å². The number of hydrogen-bond donors (Lipinski definition) is 1. The van der Waals surface area contributed by atoms with Gasteiger partial charge in [0.1, 0.15) is 5.69 Å². The molecule has 0 unspecified atom stereocenters. The fraction of sp³-hybridized carbons (Fsp3) is 0.0556. The number of carboxylic acids is 1. The Labute approximate surface area is 123 Å². The number of hydrogen-bond acceptors (Lipinski definition) is 1. The minimum absolute atomic E-state index is 0.289. The van der Waals surface area contributed by atoms with Gasteiger partial charge in [-0.1, -0.05) is 54.6 Å². The summed E-state index contributed by atoms with van der Waals surface area (Å²) < 4.78 is 1.69. The Hall–Kier alpha value is -2.81. The third kappa shape index (κ3) is 2.46. The minimum atomic E-state index is -0.912. The van der Waals surface area contributed by atoms with Crippen LogP contribution in [0.3, 0.4) is 0 Å². The van der Waals surface area contributed by atoms with Crippen molar-refractivity contribution in [1.29, 1.82) is 0 Å². The van der Waals surface area contributed by atoms with Gasteiger partial charge >= 0.3 is 5.97 Å². The summed E-state index contributed by atoms with van der Waals surface area (Å²) in [5, 5.41) is 9.10. The highest BCUT2D eigenvalue weighted by atomic mass is 16.4. The van der Waals surface area contributed by atoms with Gasteiger partial charge in [-0.2, -0.15) is 0 Å². The van der Waals surface area contributed by atoms with Crippen molar-refractivity contribution in [2.75, 3.05) is 0 Å². The Kier molecular flexibility index (Phi) is 3.32. The second-order valence-electron chi connectivity index (χ2n) is 4.91. The lowest BCUT2D eigenvalue weighted by atomic mass is 10.0. The lowest BCUT2D eigenvalue weighted by molar-refractivity contribution is 0.0687. The minimum Gasteiger partial charge on any atom is -0.477 e. The molecule has 2 aromatic carbocycles. The monoisotopic (exact) mass is 277 g/mol. The lowest BCUT2D eigenvalue weighted by Gasteiger charge is -2.07. The zero-order valence-corrected chi connectivity index (χ0v) is 11.7. The number of carboxylic acid groups (broad SMARTS) is 1. The molecule has 1 aromatic heterocycles. The molecular weight excluding hydrogens is 262 g/mol. The summed E-state index contributed by atoms with van der Waals surface area (Å²) in [7, 11) is 1.77. The Morgan fingerprint density at radius 2 is 1.38 bits per heavy atom. The van der Waals surface area contributed by atoms with Crippen molar-refractivity contribution in [3.8, 4) is 22.4 Å². The third-order valence-corrected chi connectivity index (χ3v) is 3.63. The molecule has 0 aliphatic heterocycles. The molecule has 0 amide bonds. The summed E-state index contributed by atoms with van der Waals surface area (Å²) in [6.45, 7) is 0. The summed E-state index contributed by atoms with van der Waals surface area (Å²) in [6.07, 6.45) is 0. The quantitative estimate of drug-likeness (QED) is 0.784. The number of rotatable bonds is 3. The average Bonchev–Trinajstić information content (AvgIpc) is 2.90. The van der Waals surface area contributed by atoms with Crippen molar-refractivity contribution >= 4 is 5.97 Å². The zero-order valence-electron chi connectivity index (χ0n) is 11.7. The molecule has 0 atom stereocenters. The van der Waals surface area contributed by atoms with E-state index in [0.29, 0.717) is 0 Å². The Morgan fingerprint density at radius 3 is 1.95 bits per heavy atom. The van der Waals surface area contributed by atoms with E-state index in [-0.39, 0.29) is 5.69 Å². The molecule has 3 rings (SSSR count). The van der Waals surface area contributed by atoms with Crippen LogP contribution in [0.4, 0.5) is 0 Å². The summed E-state index contributed by atoms with van der Waals surface area (Å²) >= 11 is 0. The largest absolute Gasteiger partial charge is 0.477 e. The van der Waals surface area contributed by atoms with E-state index < -0.39 is 5.97 Å². The SMILES string of the molecule is Cn1c(C(=O)O)ccc1-c1ccc(-c2ccccc2)cc1. The van der Waals surface area contributed by atoms with Gasteiger partial charge in [-0.3, -0.25) is 0 Å². The molecule has 1 N–H and O–H groups in total. The maximum atomic E-state index is 11.1. The van der Waals surface area contributed by atoms with E-state index in [4.69, 9.17) is 5.11 Å². The van der Waals surface area contributed by atoms with E-state index in [1.165, 1.54) is 5.56 Å². The maximum absolute atomic E-state index is 11.1. The molecule has 3 aromatic rings. The molecule has 0 fully saturated rings. The van der Waals surface area contributed by atoms with Crippen LogP contribution in [-0.2, 0) is 7.05 Å². The summed E-state index contributed by atoms with van der Waals surface area (Å²) in [6, 6.07) is 21.8. The van der Waals surface area contributed by atoms with Crippen LogP contribution in [0, 0.1) is 0 Å². The van der Waals surface area contributed by atoms with Gasteiger partial charge in [-0.05, 0) is 28.8 Å². The second kappa shape index (κ2) is 5.29. The van der Waals surface area contributed by atoms with Crippen LogP contribution >= 0.6 is 0 Å². The van der Waals surface area contributed by atoms with Gasteiger partial charge < -0.3 is 9.67 Å². The molecule has 104 valence electrons. The van der Waals surface area contributed by atoms with E-state index in [1.54, 1.807) is 17.7 Å². The van der Waals surface area contributed by atoms with Crippen molar-refractivity contribution in [1.82, 2.24) is 4.57 Å². The predicted octanol–water partition coefficient (Wildman–Crippen LogP) is 4.06. The molecule has 0 bridgehead atoms. The van der Waals surface area contributed by atoms with Crippen molar-refractivity contribution in [3.05, 3.63) is 72.4 Å². The Balaban J connectivity index is 1.97. The van der Waals surface area contributed by atoms with Gasteiger partial charge in [-0.15, -0.1) is 0 Å². The van der Waals surface area contributed by atoms with Gasteiger partial charge in [0, 0.05) is 12.7 Å². The standard InChI is InChI=1S/C18H15NO2/c1-19-16(11-12-17(19)18(20)21)15-9-7-14(8-10-15)13-5-3-2-4-6-13/h2-12H,1H3,(H,20,21). The van der Waals surface area contributed by atoms with Crippen molar-refractivity contribution in [2.45, 2.75) is 0 Å². The van der Waals surface area contributed by atoms with Crippen LogP contribution in [0.2, 0.25) is 0 Å². The number of benzene rings is 2. The molecule has 0 radical (unpaired) electrons. The van der Waals surface area contributed by atoms with Gasteiger partial charge in [0.15, 0.2) is 0 Å². The Morgan fingerprint density at radius 1 is 0.810 bits per heavy atom. The summed E-state index contributed by atoms with van der Waals surface area (Å²) in [5.41, 5.74) is 4.50. The molecule has 3 heteroatoms. The van der Waals surface area contributed by atoms with E-state index in [9.17, 15) is 4.79 Å². The van der Waals surface area contributed by atoms with E-state index in [1.807, 2.05) is 36.4 Å². The van der Waals surface area contributed by atoms with Crippen LogP contribution < -0.4 is 0 Å². The summed E-state index contributed by atoms with van der Waals surface area (Å²) in [4.78, 5) is 11.1. The maximum Gasteiger partial charge on any atom is 0.352 e. The molecule has 3 nitrogen and oxygen atoms in total. The number of carbonyl (C=O) groups is 1. The number of aromatic carboxylic acids is 1. The van der Waals surface area contributed by atoms with Crippen LogP contribution in [0.15, 0.2) is 66.7 Å². The highest BCUT2D eigenvalue weighted by Crippen LogP contribution is 2.25. The fourth-order valence-electron chi connectivity index (χ4n) is 2.48. The first-order valence-electron chi connectivity index (χ1n) is 6.71. The average molecular weight is 277 g/mol. The van der Waals surface area contributed by atoms with E-state index >= 15 is 0 Å². The summed E-state index contributed by atoms with van der Waals surface area (Å²) in [5.74, 6) is -0.912. The number of aromatic nitrogens is 1. The topological polar surface area (TPSA) is 42.2 Å². The first-order valence-corrected chi connectivity index (χ1v) is 6.71. The van der Waals surface area contributed by atoms with Crippen LogP contribution in [0.5, 0.6) is 0 Å². The van der Waals surface area contributed by atoms with Crippen LogP contribution in [-0.4, -0.2) is 15.6 Å². The van der Waals surface area contributed by atoms with E-state index in [0.717, 1.165) is 16.8 Å². The van der Waals surface area contributed by atoms with Crippen molar-refractivity contribution in [3.63, 3.8) is 0 Å². The zero-order chi connectivity index (χ0) is 14.8. The smallest absolute Gasteiger partial charge is 0.352 e. The van der Waals surface area contributed by atoms with Crippen LogP contribution in [0.1, 0.15) is 10.5 Å². The molecule has 21 heavy (non-hydrogen) atoms. The fourth-order valence-corrected chi connectivity index (χ4v) is 2.48. The highest BCUT2D eigenvalue weighted by Gasteiger charge is 2.12. The van der Waals surface area contributed by atoms with Gasteiger partial charge in [0.25, 0.3) is 0 Å². The van der Waals surface area contributed by atoms with Gasteiger partial charge in [0.05, 0.1) is 0 Å². The van der Waals surface area contributed by atoms with Crippen LogP contribution in [0.25, 0.3) is 22.4 Å². The molecule has 0 aliphatic carbocycles. The number of nitrogens with zero attached hydrogens (tertiary/aromatic N) is 1. The Bertz CT molecular complexity index is 771. The van der Waals surface area contributed by atoms with Crippen molar-refractivity contribution in [2.24, 2.45) is 7.05 Å². The molecule has 0 aliphatic rings. The van der Waals surface area contributed by atoms with Gasteiger partial charge in [-0.25, -0.2) is 4.79 Å². The molecule has 1 heterocycles. The van der Waals surface area contributed by atoms with E-state index in [2.05, 4.69) is 24.3 Å². The molecule has 0 saturated heterocycles. The first kappa shape index (κ1) is 13.2. The predicted molar refractivity (Wildman–Crippen MR) is 83.2 cm³/mol. The molecular formula is C18H15NO2. The third-order valence-electron chi connectivity index (χ3n) is 3.63. The molecule has 0 spiro atoms.